The van der Waals surface area contributed by atoms with Crippen molar-refractivity contribution < 1.29 is 14.7 Å². The van der Waals surface area contributed by atoms with Crippen molar-refractivity contribution in [2.24, 2.45) is 0 Å². The second-order valence-electron chi connectivity index (χ2n) is 5.07. The molecular weight excluding hydrogens is 348 g/mol. The minimum absolute atomic E-state index is 0.00142. The van der Waals surface area contributed by atoms with Crippen LogP contribution in [0.1, 0.15) is 38.9 Å². The molecule has 0 aromatic carbocycles. The Bertz CT molecular complexity index is 738. The molecular formula is C15H18N4O3S2. The molecule has 2 aromatic heterocycles. The van der Waals surface area contributed by atoms with Gasteiger partial charge in [0, 0.05) is 23.2 Å². The zero-order valence-corrected chi connectivity index (χ0v) is 15.3. The number of hydrogen-bond donors (Lipinski definition) is 2. The number of aromatic carboxylic acids is 1. The fourth-order valence-corrected chi connectivity index (χ4v) is 3.32. The van der Waals surface area contributed by atoms with Gasteiger partial charge in [-0.25, -0.2) is 19.7 Å². The summed E-state index contributed by atoms with van der Waals surface area (Å²) in [7, 11) is 0. The summed E-state index contributed by atoms with van der Waals surface area (Å²) in [5.41, 5.74) is 2.78. The summed E-state index contributed by atoms with van der Waals surface area (Å²) >= 11 is 2.71. The minimum Gasteiger partial charge on any atom is -0.476 e. The Morgan fingerprint density at radius 1 is 1.25 bits per heavy atom. The molecule has 0 saturated heterocycles. The molecule has 2 aromatic rings. The molecule has 0 aliphatic carbocycles. The van der Waals surface area contributed by atoms with Crippen LogP contribution in [0.3, 0.4) is 0 Å². The van der Waals surface area contributed by atoms with Crippen molar-refractivity contribution in [3.63, 3.8) is 0 Å². The summed E-state index contributed by atoms with van der Waals surface area (Å²) in [5, 5.41) is 14.3. The molecule has 0 spiro atoms. The molecule has 7 nitrogen and oxygen atoms in total. The summed E-state index contributed by atoms with van der Waals surface area (Å²) in [4.78, 5) is 35.5. The van der Waals surface area contributed by atoms with Gasteiger partial charge in [-0.1, -0.05) is 11.8 Å². The molecule has 128 valence electrons. The predicted molar refractivity (Wildman–Crippen MR) is 92.5 cm³/mol. The highest BCUT2D eigenvalue weighted by Crippen LogP contribution is 2.17. The molecule has 0 unspecified atom stereocenters. The summed E-state index contributed by atoms with van der Waals surface area (Å²) in [6, 6.07) is 0. The molecule has 24 heavy (non-hydrogen) atoms. The summed E-state index contributed by atoms with van der Waals surface area (Å²) in [6.45, 7) is 4.08. The number of thiazole rings is 1. The van der Waals surface area contributed by atoms with Crippen LogP contribution in [0.2, 0.25) is 0 Å². The van der Waals surface area contributed by atoms with E-state index in [1.807, 2.05) is 20.1 Å². The highest BCUT2D eigenvalue weighted by atomic mass is 32.2. The van der Waals surface area contributed by atoms with Gasteiger partial charge >= 0.3 is 5.97 Å². The number of nitrogens with zero attached hydrogens (tertiary/aromatic N) is 3. The molecule has 0 fully saturated rings. The number of rotatable bonds is 7. The van der Waals surface area contributed by atoms with E-state index in [1.165, 1.54) is 28.5 Å². The highest BCUT2D eigenvalue weighted by molar-refractivity contribution is 7.98. The van der Waals surface area contributed by atoms with E-state index in [9.17, 15) is 9.59 Å². The molecule has 0 aliphatic heterocycles. The van der Waals surface area contributed by atoms with Gasteiger partial charge < -0.3 is 10.4 Å². The SMILES string of the molecule is CSc1nc(C)c(CCC(=O)NCc2nc(C(=O)O)cs2)c(C)n1. The average molecular weight is 366 g/mol. The van der Waals surface area contributed by atoms with Gasteiger partial charge in [-0.05, 0) is 32.1 Å². The van der Waals surface area contributed by atoms with Crippen molar-refractivity contribution in [1.29, 1.82) is 0 Å². The number of carbonyl (C=O) groups is 2. The largest absolute Gasteiger partial charge is 0.476 e. The van der Waals surface area contributed by atoms with Crippen molar-refractivity contribution >= 4 is 35.0 Å². The van der Waals surface area contributed by atoms with Gasteiger partial charge in [-0.2, -0.15) is 0 Å². The van der Waals surface area contributed by atoms with Gasteiger partial charge in [0.25, 0.3) is 0 Å². The first-order chi connectivity index (χ1) is 11.4. The van der Waals surface area contributed by atoms with E-state index in [0.29, 0.717) is 17.8 Å². The summed E-state index contributed by atoms with van der Waals surface area (Å²) in [6.07, 6.45) is 2.81. The van der Waals surface area contributed by atoms with Crippen LogP contribution in [0, 0.1) is 13.8 Å². The topological polar surface area (TPSA) is 105 Å². The number of thioether (sulfide) groups is 1. The number of carboxylic acids is 1. The van der Waals surface area contributed by atoms with Crippen molar-refractivity contribution in [1.82, 2.24) is 20.3 Å². The fourth-order valence-electron chi connectivity index (χ4n) is 2.15. The standard InChI is InChI=1S/C15H18N4O3S2/c1-8-10(9(2)18-15(17-8)23-3)4-5-12(20)16-6-13-19-11(7-24-13)14(21)22/h7H,4-6H2,1-3H3,(H,16,20)(H,21,22). The maximum absolute atomic E-state index is 12.0. The number of carboxylic acid groups (broad SMARTS) is 1. The normalized spacial score (nSPS) is 10.6. The highest BCUT2D eigenvalue weighted by Gasteiger charge is 2.12. The Balaban J connectivity index is 1.88. The maximum atomic E-state index is 12.0. The lowest BCUT2D eigenvalue weighted by atomic mass is 10.1. The zero-order chi connectivity index (χ0) is 17.7. The van der Waals surface area contributed by atoms with Crippen LogP contribution in [0.4, 0.5) is 0 Å². The molecule has 0 atom stereocenters. The van der Waals surface area contributed by atoms with E-state index >= 15 is 0 Å². The molecule has 2 heterocycles. The van der Waals surface area contributed by atoms with Crippen molar-refractivity contribution in [3.05, 3.63) is 33.0 Å². The Kier molecular flexibility index (Phi) is 6.27. The second-order valence-corrected chi connectivity index (χ2v) is 6.78. The number of carbonyl (C=O) groups excluding carboxylic acids is 1. The molecule has 2 N–H and O–H groups in total. The van der Waals surface area contributed by atoms with Gasteiger partial charge in [0.1, 0.15) is 5.01 Å². The van der Waals surface area contributed by atoms with Gasteiger partial charge in [0.15, 0.2) is 10.9 Å². The van der Waals surface area contributed by atoms with Gasteiger partial charge in [-0.15, -0.1) is 11.3 Å². The Hall–Kier alpha value is -2.00. The molecule has 0 radical (unpaired) electrons. The number of nitrogens with one attached hydrogen (secondary N) is 1. The van der Waals surface area contributed by atoms with E-state index in [0.717, 1.165) is 22.1 Å². The van der Waals surface area contributed by atoms with Gasteiger partial charge in [-0.3, -0.25) is 4.79 Å². The lowest BCUT2D eigenvalue weighted by molar-refractivity contribution is -0.121. The number of aromatic nitrogens is 3. The predicted octanol–water partition coefficient (Wildman–Crippen LogP) is 2.22. The van der Waals surface area contributed by atoms with E-state index in [-0.39, 0.29) is 18.1 Å². The zero-order valence-electron chi connectivity index (χ0n) is 13.6. The first-order valence-corrected chi connectivity index (χ1v) is 9.33. The van der Waals surface area contributed by atoms with Crippen molar-refractivity contribution in [2.45, 2.75) is 38.4 Å². The van der Waals surface area contributed by atoms with Crippen LogP contribution in [-0.2, 0) is 17.8 Å². The minimum atomic E-state index is -1.07. The molecule has 0 bridgehead atoms. The first kappa shape index (κ1) is 18.3. The van der Waals surface area contributed by atoms with Crippen molar-refractivity contribution in [3.8, 4) is 0 Å². The van der Waals surface area contributed by atoms with Crippen LogP contribution >= 0.6 is 23.1 Å². The Labute approximate surface area is 147 Å². The lowest BCUT2D eigenvalue weighted by Gasteiger charge is -2.10. The van der Waals surface area contributed by atoms with E-state index in [2.05, 4.69) is 20.3 Å². The lowest BCUT2D eigenvalue weighted by Crippen LogP contribution is -2.23. The van der Waals surface area contributed by atoms with Crippen molar-refractivity contribution in [2.75, 3.05) is 6.26 Å². The van der Waals surface area contributed by atoms with Crippen LogP contribution in [0.15, 0.2) is 10.5 Å². The van der Waals surface area contributed by atoms with E-state index in [4.69, 9.17) is 5.11 Å². The molecule has 0 aliphatic rings. The Morgan fingerprint density at radius 3 is 2.46 bits per heavy atom. The van der Waals surface area contributed by atoms with Crippen LogP contribution in [0.25, 0.3) is 0 Å². The van der Waals surface area contributed by atoms with E-state index in [1.54, 1.807) is 0 Å². The quantitative estimate of drug-likeness (QED) is 0.572. The number of amides is 1. The number of hydrogen-bond acceptors (Lipinski definition) is 7. The maximum Gasteiger partial charge on any atom is 0.355 e. The molecule has 1 amide bonds. The van der Waals surface area contributed by atoms with Gasteiger partial charge in [0.2, 0.25) is 5.91 Å². The monoisotopic (exact) mass is 366 g/mol. The summed E-state index contributed by atoms with van der Waals surface area (Å²) < 4.78 is 0. The first-order valence-electron chi connectivity index (χ1n) is 7.23. The molecule has 9 heteroatoms. The van der Waals surface area contributed by atoms with Gasteiger partial charge in [0.05, 0.1) is 6.54 Å². The molecule has 0 saturated carbocycles. The Morgan fingerprint density at radius 2 is 1.92 bits per heavy atom. The third kappa shape index (κ3) is 4.75. The smallest absolute Gasteiger partial charge is 0.355 e. The van der Waals surface area contributed by atoms with E-state index < -0.39 is 5.97 Å². The third-order valence-corrected chi connectivity index (χ3v) is 4.79. The third-order valence-electron chi connectivity index (χ3n) is 3.39. The van der Waals surface area contributed by atoms with Crippen LogP contribution in [-0.4, -0.2) is 38.2 Å². The van der Waals surface area contributed by atoms with Crippen LogP contribution < -0.4 is 5.32 Å². The number of aryl methyl sites for hydroxylation is 2. The summed E-state index contributed by atoms with van der Waals surface area (Å²) in [5.74, 6) is -1.18. The second kappa shape index (κ2) is 8.20. The average Bonchev–Trinajstić information content (AvgIpc) is 3.01. The fraction of sp³-hybridized carbons (Fsp3) is 0.400. The molecule has 2 rings (SSSR count). The van der Waals surface area contributed by atoms with Crippen LogP contribution in [0.5, 0.6) is 0 Å².